The van der Waals surface area contributed by atoms with Crippen LogP contribution in [0.4, 0.5) is 0 Å². The van der Waals surface area contributed by atoms with Gasteiger partial charge in [-0.15, -0.1) is 0 Å². The molecule has 0 saturated carbocycles. The Bertz CT molecular complexity index is 861. The average molecular weight is 378 g/mol. The molecule has 5 nitrogen and oxygen atoms in total. The minimum absolute atomic E-state index is 0.0237. The van der Waals surface area contributed by atoms with E-state index in [4.69, 9.17) is 9.15 Å². The highest BCUT2D eigenvalue weighted by molar-refractivity contribution is 5.77. The number of rotatable bonds is 9. The number of para-hydroxylation sites is 1. The molecule has 0 aliphatic rings. The van der Waals surface area contributed by atoms with Gasteiger partial charge in [0, 0.05) is 13.0 Å². The molecule has 0 aliphatic carbocycles. The molecule has 0 aliphatic heterocycles. The monoisotopic (exact) mass is 378 g/mol. The van der Waals surface area contributed by atoms with Crippen molar-refractivity contribution in [2.24, 2.45) is 0 Å². The maximum Gasteiger partial charge on any atom is 0.258 e. The fourth-order valence-electron chi connectivity index (χ4n) is 3.03. The van der Waals surface area contributed by atoms with Crippen LogP contribution in [0.3, 0.4) is 0 Å². The number of furan rings is 1. The molecular formula is C23H26N2O3. The smallest absolute Gasteiger partial charge is 0.258 e. The summed E-state index contributed by atoms with van der Waals surface area (Å²) < 4.78 is 11.3. The number of nitrogens with zero attached hydrogens (tertiary/aromatic N) is 1. The highest BCUT2D eigenvalue weighted by Crippen LogP contribution is 2.21. The van der Waals surface area contributed by atoms with Gasteiger partial charge in [0.15, 0.2) is 6.61 Å². The van der Waals surface area contributed by atoms with Crippen LogP contribution < -0.4 is 10.1 Å². The van der Waals surface area contributed by atoms with Crippen LogP contribution in [0.15, 0.2) is 77.4 Å². The van der Waals surface area contributed by atoms with E-state index in [1.54, 1.807) is 6.26 Å². The van der Waals surface area contributed by atoms with Gasteiger partial charge < -0.3 is 14.5 Å². The van der Waals surface area contributed by atoms with E-state index in [1.165, 1.54) is 5.56 Å². The van der Waals surface area contributed by atoms with Gasteiger partial charge in [0.1, 0.15) is 11.5 Å². The van der Waals surface area contributed by atoms with Crippen molar-refractivity contribution in [1.82, 2.24) is 10.2 Å². The highest BCUT2D eigenvalue weighted by atomic mass is 16.5. The summed E-state index contributed by atoms with van der Waals surface area (Å²) in [6.45, 7) is 0.429. The van der Waals surface area contributed by atoms with Crippen LogP contribution in [0.1, 0.15) is 22.9 Å². The van der Waals surface area contributed by atoms with Crippen LogP contribution in [-0.2, 0) is 11.2 Å². The van der Waals surface area contributed by atoms with Crippen LogP contribution >= 0.6 is 0 Å². The summed E-state index contributed by atoms with van der Waals surface area (Å²) in [5.74, 6) is 1.39. The van der Waals surface area contributed by atoms with Crippen molar-refractivity contribution in [2.45, 2.75) is 12.5 Å². The van der Waals surface area contributed by atoms with Crippen molar-refractivity contribution in [3.8, 4) is 5.75 Å². The van der Waals surface area contributed by atoms with Gasteiger partial charge in [0.2, 0.25) is 0 Å². The third kappa shape index (κ3) is 5.47. The first kappa shape index (κ1) is 19.7. The van der Waals surface area contributed by atoms with E-state index in [2.05, 4.69) is 17.4 Å². The first-order valence-electron chi connectivity index (χ1n) is 9.34. The van der Waals surface area contributed by atoms with E-state index < -0.39 is 0 Å². The molecule has 1 N–H and O–H groups in total. The second kappa shape index (κ2) is 9.76. The van der Waals surface area contributed by atoms with Crippen molar-refractivity contribution < 1.29 is 13.9 Å². The molecule has 0 spiro atoms. The molecule has 1 aromatic heterocycles. The molecule has 28 heavy (non-hydrogen) atoms. The largest absolute Gasteiger partial charge is 0.483 e. The lowest BCUT2D eigenvalue weighted by molar-refractivity contribution is -0.123. The maximum absolute atomic E-state index is 12.3. The third-order valence-electron chi connectivity index (χ3n) is 4.56. The zero-order valence-electron chi connectivity index (χ0n) is 16.3. The predicted molar refractivity (Wildman–Crippen MR) is 109 cm³/mol. The molecule has 2 aromatic carbocycles. The minimum atomic E-state index is -0.159. The molecule has 3 rings (SSSR count). The fourth-order valence-corrected chi connectivity index (χ4v) is 3.03. The molecule has 0 unspecified atom stereocenters. The molecule has 146 valence electrons. The van der Waals surface area contributed by atoms with Crippen molar-refractivity contribution in [3.05, 3.63) is 89.9 Å². The van der Waals surface area contributed by atoms with E-state index in [-0.39, 0.29) is 18.6 Å². The molecule has 3 aromatic rings. The maximum atomic E-state index is 12.3. The molecule has 5 heteroatoms. The number of likely N-dealkylation sites (N-methyl/N-ethyl adjacent to an activating group) is 1. The second-order valence-electron chi connectivity index (χ2n) is 6.86. The van der Waals surface area contributed by atoms with Gasteiger partial charge in [-0.25, -0.2) is 0 Å². The normalized spacial score (nSPS) is 12.0. The lowest BCUT2D eigenvalue weighted by atomic mass is 10.0. The number of carbonyl (C=O) groups excluding carboxylic acids is 1. The molecular weight excluding hydrogens is 352 g/mol. The van der Waals surface area contributed by atoms with E-state index in [0.29, 0.717) is 6.54 Å². The first-order chi connectivity index (χ1) is 13.6. The van der Waals surface area contributed by atoms with Gasteiger partial charge in [0.05, 0.1) is 12.3 Å². The van der Waals surface area contributed by atoms with Gasteiger partial charge in [-0.3, -0.25) is 9.69 Å². The molecule has 1 heterocycles. The van der Waals surface area contributed by atoms with Gasteiger partial charge in [-0.05, 0) is 43.4 Å². The van der Waals surface area contributed by atoms with Crippen molar-refractivity contribution >= 4 is 5.91 Å². The van der Waals surface area contributed by atoms with Crippen LogP contribution in [-0.4, -0.2) is 38.1 Å². The SMILES string of the molecule is CN(C)[C@H](CNC(=O)COc1ccccc1Cc1ccccc1)c1ccco1. The number of ether oxygens (including phenoxy) is 1. The number of amides is 1. The van der Waals surface area contributed by atoms with Crippen molar-refractivity contribution in [2.75, 3.05) is 27.2 Å². The van der Waals surface area contributed by atoms with Gasteiger partial charge in [0.25, 0.3) is 5.91 Å². The molecule has 0 saturated heterocycles. The Hall–Kier alpha value is -3.05. The lowest BCUT2D eigenvalue weighted by Crippen LogP contribution is -2.36. The van der Waals surface area contributed by atoms with Gasteiger partial charge >= 0.3 is 0 Å². The average Bonchev–Trinajstić information content (AvgIpc) is 3.22. The summed E-state index contributed by atoms with van der Waals surface area (Å²) in [6.07, 6.45) is 2.40. The highest BCUT2D eigenvalue weighted by Gasteiger charge is 2.18. The number of nitrogens with one attached hydrogen (secondary N) is 1. The third-order valence-corrected chi connectivity index (χ3v) is 4.56. The zero-order chi connectivity index (χ0) is 19.8. The Labute approximate surface area is 165 Å². The summed E-state index contributed by atoms with van der Waals surface area (Å²) in [7, 11) is 3.91. The van der Waals surface area contributed by atoms with E-state index in [1.807, 2.05) is 73.6 Å². The molecule has 0 radical (unpaired) electrons. The Kier molecular flexibility index (Phi) is 6.87. The summed E-state index contributed by atoms with van der Waals surface area (Å²) in [5.41, 5.74) is 2.26. The number of carbonyl (C=O) groups is 1. The van der Waals surface area contributed by atoms with Crippen LogP contribution in [0.2, 0.25) is 0 Å². The minimum Gasteiger partial charge on any atom is -0.483 e. The topological polar surface area (TPSA) is 54.7 Å². The summed E-state index contributed by atoms with van der Waals surface area (Å²) in [5, 5.41) is 2.93. The van der Waals surface area contributed by atoms with E-state index in [9.17, 15) is 4.79 Å². The predicted octanol–water partition coefficient (Wildman–Crippen LogP) is 3.67. The first-order valence-corrected chi connectivity index (χ1v) is 9.34. The fraction of sp³-hybridized carbons (Fsp3) is 0.261. The van der Waals surface area contributed by atoms with Gasteiger partial charge in [-0.1, -0.05) is 48.5 Å². The van der Waals surface area contributed by atoms with E-state index >= 15 is 0 Å². The Balaban J connectivity index is 1.55. The number of hydrogen-bond donors (Lipinski definition) is 1. The lowest BCUT2D eigenvalue weighted by Gasteiger charge is -2.22. The van der Waals surface area contributed by atoms with Gasteiger partial charge in [-0.2, -0.15) is 0 Å². The summed E-state index contributed by atoms with van der Waals surface area (Å²) >= 11 is 0. The van der Waals surface area contributed by atoms with Crippen LogP contribution in [0, 0.1) is 0 Å². The van der Waals surface area contributed by atoms with Crippen LogP contribution in [0.25, 0.3) is 0 Å². The summed E-state index contributed by atoms with van der Waals surface area (Å²) in [4.78, 5) is 14.3. The Morgan fingerprint density at radius 3 is 2.50 bits per heavy atom. The zero-order valence-corrected chi connectivity index (χ0v) is 16.3. The number of hydrogen-bond acceptors (Lipinski definition) is 4. The Morgan fingerprint density at radius 2 is 1.79 bits per heavy atom. The molecule has 1 atom stereocenters. The molecule has 0 bridgehead atoms. The molecule has 1 amide bonds. The summed E-state index contributed by atoms with van der Waals surface area (Å²) in [6, 6.07) is 21.8. The Morgan fingerprint density at radius 1 is 1.04 bits per heavy atom. The standard InChI is InChI=1S/C23H26N2O3/c1-25(2)20(22-13-8-14-27-22)16-24-23(26)17-28-21-12-7-6-11-19(21)15-18-9-4-3-5-10-18/h3-14,20H,15-17H2,1-2H3,(H,24,26)/t20-/m1/s1. The van der Waals surface area contributed by atoms with Crippen molar-refractivity contribution in [3.63, 3.8) is 0 Å². The second-order valence-corrected chi connectivity index (χ2v) is 6.86. The quantitative estimate of drug-likeness (QED) is 0.617. The number of benzene rings is 2. The van der Waals surface area contributed by atoms with E-state index in [0.717, 1.165) is 23.5 Å². The van der Waals surface area contributed by atoms with Crippen molar-refractivity contribution in [1.29, 1.82) is 0 Å². The van der Waals surface area contributed by atoms with Crippen LogP contribution in [0.5, 0.6) is 5.75 Å². The molecule has 0 fully saturated rings.